The van der Waals surface area contributed by atoms with Crippen LogP contribution in [0.25, 0.3) is 0 Å². The van der Waals surface area contributed by atoms with Gasteiger partial charge in [0.25, 0.3) is 0 Å². The molecule has 3 atom stereocenters. The van der Waals surface area contributed by atoms with E-state index in [2.05, 4.69) is 0 Å². The lowest BCUT2D eigenvalue weighted by Gasteiger charge is -2.09. The van der Waals surface area contributed by atoms with E-state index in [0.717, 1.165) is 0 Å². The van der Waals surface area contributed by atoms with Crippen LogP contribution in [0.2, 0.25) is 0 Å². The molecule has 1 aromatic carbocycles. The van der Waals surface area contributed by atoms with Gasteiger partial charge in [-0.25, -0.2) is 8.42 Å². The van der Waals surface area contributed by atoms with Crippen molar-refractivity contribution in [3.8, 4) is 11.5 Å². The second-order valence-electron chi connectivity index (χ2n) is 5.51. The molecule has 0 unspecified atom stereocenters. The molecule has 1 heterocycles. The van der Waals surface area contributed by atoms with Gasteiger partial charge in [0.1, 0.15) is 5.41 Å². The van der Waals surface area contributed by atoms with Crippen molar-refractivity contribution in [3.63, 3.8) is 0 Å². The van der Waals surface area contributed by atoms with Gasteiger partial charge in [0.15, 0.2) is 21.3 Å². The fourth-order valence-corrected chi connectivity index (χ4v) is 5.36. The van der Waals surface area contributed by atoms with Crippen molar-refractivity contribution in [2.45, 2.75) is 18.1 Å². The Bertz CT molecular complexity index is 731. The highest BCUT2D eigenvalue weighted by Crippen LogP contribution is 2.63. The number of sulfone groups is 1. The van der Waals surface area contributed by atoms with E-state index in [-0.39, 0.29) is 19.1 Å². The summed E-state index contributed by atoms with van der Waals surface area (Å²) in [6, 6.07) is 4.98. The molecule has 1 fully saturated rings. The van der Waals surface area contributed by atoms with Gasteiger partial charge < -0.3 is 20.3 Å². The predicted molar refractivity (Wildman–Crippen MR) is 77.7 cm³/mol. The number of hydrogen-bond acceptors (Lipinski definition) is 6. The van der Waals surface area contributed by atoms with Crippen molar-refractivity contribution in [1.82, 2.24) is 0 Å². The molecule has 22 heavy (non-hydrogen) atoms. The standard InChI is InChI=1S/C14H17NO6S/c1-2-22(18,19)12-11(14(12,6-15)13(16)17)8-3-4-9-10(5-8)21-7-20-9/h3-5,11-12H,2,6-7,15H2,1H3,(H,16,17)/t11-,12-,14+/m1/s1. The lowest BCUT2D eigenvalue weighted by atomic mass is 9.99. The zero-order chi connectivity index (χ0) is 16.1. The average molecular weight is 327 g/mol. The van der Waals surface area contributed by atoms with E-state index in [1.807, 2.05) is 0 Å². The van der Waals surface area contributed by atoms with Crippen molar-refractivity contribution in [1.29, 1.82) is 0 Å². The number of benzene rings is 1. The number of aliphatic carboxylic acids is 1. The quantitative estimate of drug-likeness (QED) is 0.801. The molecule has 0 amide bonds. The molecule has 8 heteroatoms. The second-order valence-corrected chi connectivity index (χ2v) is 7.92. The number of carbonyl (C=O) groups is 1. The average Bonchev–Trinajstić information content (AvgIpc) is 3.00. The molecular weight excluding hydrogens is 310 g/mol. The Labute approximate surface area is 127 Å². The molecule has 120 valence electrons. The van der Waals surface area contributed by atoms with Crippen LogP contribution >= 0.6 is 0 Å². The van der Waals surface area contributed by atoms with Gasteiger partial charge in [0, 0.05) is 18.2 Å². The molecule has 2 aliphatic rings. The zero-order valence-electron chi connectivity index (χ0n) is 12.0. The van der Waals surface area contributed by atoms with Crippen molar-refractivity contribution in [2.75, 3.05) is 19.1 Å². The number of carboxylic acids is 1. The molecule has 0 spiro atoms. The van der Waals surface area contributed by atoms with E-state index in [1.54, 1.807) is 18.2 Å². The number of carboxylic acid groups (broad SMARTS) is 1. The van der Waals surface area contributed by atoms with Crippen LogP contribution in [0.5, 0.6) is 11.5 Å². The minimum Gasteiger partial charge on any atom is -0.481 e. The Morgan fingerprint density at radius 2 is 2.09 bits per heavy atom. The highest BCUT2D eigenvalue weighted by atomic mass is 32.2. The number of nitrogens with two attached hydrogens (primary N) is 1. The zero-order valence-corrected chi connectivity index (χ0v) is 12.8. The summed E-state index contributed by atoms with van der Waals surface area (Å²) in [6.45, 7) is 1.37. The van der Waals surface area contributed by atoms with Gasteiger partial charge in [-0.3, -0.25) is 4.79 Å². The number of fused-ring (bicyclic) bond motifs is 1. The van der Waals surface area contributed by atoms with Gasteiger partial charge in [-0.2, -0.15) is 0 Å². The molecule has 1 aromatic rings. The Balaban J connectivity index is 2.06. The van der Waals surface area contributed by atoms with Crippen LogP contribution in [0, 0.1) is 5.41 Å². The summed E-state index contributed by atoms with van der Waals surface area (Å²) in [7, 11) is -3.53. The SMILES string of the molecule is CCS(=O)(=O)[C@@H]1[C@@H](c2ccc3c(c2)OCO3)[C@]1(CN)C(=O)O. The van der Waals surface area contributed by atoms with Gasteiger partial charge in [0.2, 0.25) is 6.79 Å². The van der Waals surface area contributed by atoms with Gasteiger partial charge in [-0.1, -0.05) is 13.0 Å². The molecular formula is C14H17NO6S. The predicted octanol–water partition coefficient (Wildman–Crippen LogP) is 0.345. The maximum atomic E-state index is 12.3. The maximum Gasteiger partial charge on any atom is 0.312 e. The molecule has 1 saturated carbocycles. The molecule has 1 aliphatic carbocycles. The van der Waals surface area contributed by atoms with E-state index < -0.39 is 32.4 Å². The third-order valence-corrected chi connectivity index (χ3v) is 6.81. The van der Waals surface area contributed by atoms with Crippen molar-refractivity contribution in [3.05, 3.63) is 23.8 Å². The number of hydrogen-bond donors (Lipinski definition) is 2. The van der Waals surface area contributed by atoms with Crippen molar-refractivity contribution >= 4 is 15.8 Å². The lowest BCUT2D eigenvalue weighted by molar-refractivity contribution is -0.143. The molecule has 1 aliphatic heterocycles. The van der Waals surface area contributed by atoms with Gasteiger partial charge in [0.05, 0.1) is 5.25 Å². The molecule has 0 aromatic heterocycles. The van der Waals surface area contributed by atoms with E-state index in [1.165, 1.54) is 6.92 Å². The highest BCUT2D eigenvalue weighted by Gasteiger charge is 2.74. The van der Waals surface area contributed by atoms with Crippen LogP contribution in [0.4, 0.5) is 0 Å². The van der Waals surface area contributed by atoms with Crippen LogP contribution in [0.1, 0.15) is 18.4 Å². The van der Waals surface area contributed by atoms with Crippen LogP contribution in [0.15, 0.2) is 18.2 Å². The second kappa shape index (κ2) is 4.85. The summed E-state index contributed by atoms with van der Waals surface area (Å²) in [4.78, 5) is 11.7. The normalized spacial score (nSPS) is 29.4. The molecule has 3 rings (SSSR count). The molecule has 0 radical (unpaired) electrons. The number of rotatable bonds is 5. The van der Waals surface area contributed by atoms with Gasteiger partial charge >= 0.3 is 5.97 Å². The molecule has 0 saturated heterocycles. The fourth-order valence-electron chi connectivity index (χ4n) is 3.28. The highest BCUT2D eigenvalue weighted by molar-refractivity contribution is 7.92. The molecule has 7 nitrogen and oxygen atoms in total. The molecule has 3 N–H and O–H groups in total. The van der Waals surface area contributed by atoms with Crippen LogP contribution in [-0.2, 0) is 14.6 Å². The summed E-state index contributed by atoms with van der Waals surface area (Å²) in [5, 5.41) is 8.55. The first kappa shape index (κ1) is 15.1. The van der Waals surface area contributed by atoms with Crippen LogP contribution in [0.3, 0.4) is 0 Å². The van der Waals surface area contributed by atoms with Crippen LogP contribution in [-0.4, -0.2) is 43.8 Å². The Hall–Kier alpha value is -1.80. The third kappa shape index (κ3) is 1.90. The Morgan fingerprint density at radius 1 is 1.41 bits per heavy atom. The monoisotopic (exact) mass is 327 g/mol. The first-order valence-corrected chi connectivity index (χ1v) is 8.64. The maximum absolute atomic E-state index is 12.3. The van der Waals surface area contributed by atoms with Gasteiger partial charge in [-0.05, 0) is 17.7 Å². The van der Waals surface area contributed by atoms with Crippen molar-refractivity contribution in [2.24, 2.45) is 11.1 Å². The van der Waals surface area contributed by atoms with Gasteiger partial charge in [-0.15, -0.1) is 0 Å². The topological polar surface area (TPSA) is 116 Å². The lowest BCUT2D eigenvalue weighted by Crippen LogP contribution is -2.32. The summed E-state index contributed by atoms with van der Waals surface area (Å²) in [5.74, 6) is -0.913. The summed E-state index contributed by atoms with van der Waals surface area (Å²) in [6.07, 6.45) is 0. The van der Waals surface area contributed by atoms with Crippen LogP contribution < -0.4 is 15.2 Å². The Kier molecular flexibility index (Phi) is 3.33. The largest absolute Gasteiger partial charge is 0.481 e. The molecule has 0 bridgehead atoms. The minimum absolute atomic E-state index is 0.0983. The number of ether oxygens (including phenoxy) is 2. The first-order valence-electron chi connectivity index (χ1n) is 6.93. The summed E-state index contributed by atoms with van der Waals surface area (Å²) in [5.41, 5.74) is 4.78. The smallest absolute Gasteiger partial charge is 0.312 e. The third-order valence-electron chi connectivity index (χ3n) is 4.54. The van der Waals surface area contributed by atoms with E-state index >= 15 is 0 Å². The first-order chi connectivity index (χ1) is 10.4. The summed E-state index contributed by atoms with van der Waals surface area (Å²) < 4.78 is 35.1. The fraction of sp³-hybridized carbons (Fsp3) is 0.500. The van der Waals surface area contributed by atoms with E-state index in [0.29, 0.717) is 17.1 Å². The Morgan fingerprint density at radius 3 is 2.68 bits per heavy atom. The minimum atomic E-state index is -3.53. The van der Waals surface area contributed by atoms with E-state index in [9.17, 15) is 18.3 Å². The summed E-state index contributed by atoms with van der Waals surface area (Å²) >= 11 is 0. The van der Waals surface area contributed by atoms with Crippen molar-refractivity contribution < 1.29 is 27.8 Å². The van der Waals surface area contributed by atoms with E-state index in [4.69, 9.17) is 15.2 Å².